The maximum absolute atomic E-state index is 12.3. The Morgan fingerprint density at radius 2 is 1.96 bits per heavy atom. The first-order valence-corrected chi connectivity index (χ1v) is 9.92. The minimum absolute atomic E-state index is 0.188. The van der Waals surface area contributed by atoms with E-state index in [0.717, 1.165) is 37.9 Å². The van der Waals surface area contributed by atoms with Crippen LogP contribution in [0.2, 0.25) is 0 Å². The molecular weight excluding hydrogens is 300 g/mol. The number of carbonyl (C=O) groups is 1. The number of hydrogen-bond acceptors (Lipinski definition) is 3. The second-order valence-corrected chi connectivity index (χ2v) is 8.78. The molecule has 4 heteroatoms. The minimum atomic E-state index is -0.427. The van der Waals surface area contributed by atoms with E-state index < -0.39 is 5.60 Å². The molecule has 0 aromatic heterocycles. The Balaban J connectivity index is 2.37. The lowest BCUT2D eigenvalue weighted by molar-refractivity contribution is 0.0249. The predicted molar refractivity (Wildman–Crippen MR) is 101 cm³/mol. The number of ether oxygens (including phenoxy) is 1. The van der Waals surface area contributed by atoms with Gasteiger partial charge in [-0.1, -0.05) is 33.6 Å². The Bertz CT molecular complexity index is 363. The van der Waals surface area contributed by atoms with E-state index in [4.69, 9.17) is 4.74 Å². The summed E-state index contributed by atoms with van der Waals surface area (Å²) in [6, 6.07) is 0.615. The van der Waals surface area contributed by atoms with E-state index in [0.29, 0.717) is 6.04 Å². The zero-order valence-corrected chi connectivity index (χ0v) is 16.9. The second kappa shape index (κ2) is 10.3. The van der Waals surface area contributed by atoms with Gasteiger partial charge in [0.25, 0.3) is 0 Å². The van der Waals surface area contributed by atoms with Crippen LogP contribution in [0.4, 0.5) is 4.79 Å². The third-order valence-corrected chi connectivity index (χ3v) is 4.55. The summed E-state index contributed by atoms with van der Waals surface area (Å²) in [5.74, 6) is 1.66. The fraction of sp³-hybridized carbons (Fsp3) is 0.950. The van der Waals surface area contributed by atoms with Gasteiger partial charge in [0.05, 0.1) is 0 Å². The van der Waals surface area contributed by atoms with Crippen molar-refractivity contribution in [1.29, 1.82) is 0 Å². The monoisotopic (exact) mass is 340 g/mol. The summed E-state index contributed by atoms with van der Waals surface area (Å²) in [6.45, 7) is 14.9. The van der Waals surface area contributed by atoms with Crippen LogP contribution in [-0.2, 0) is 4.74 Å². The molecule has 0 bridgehead atoms. The van der Waals surface area contributed by atoms with Gasteiger partial charge in [-0.25, -0.2) is 4.79 Å². The van der Waals surface area contributed by atoms with Crippen molar-refractivity contribution in [2.75, 3.05) is 19.6 Å². The molecule has 142 valence electrons. The number of hydrogen-bond donors (Lipinski definition) is 1. The highest BCUT2D eigenvalue weighted by molar-refractivity contribution is 5.68. The molecule has 0 heterocycles. The zero-order valence-electron chi connectivity index (χ0n) is 16.9. The Hall–Kier alpha value is -0.770. The fourth-order valence-corrected chi connectivity index (χ4v) is 3.65. The molecule has 0 aromatic rings. The average molecular weight is 341 g/mol. The molecule has 1 aliphatic rings. The van der Waals surface area contributed by atoms with Crippen molar-refractivity contribution >= 4 is 6.09 Å². The molecule has 1 fully saturated rings. The largest absolute Gasteiger partial charge is 0.444 e. The summed E-state index contributed by atoms with van der Waals surface area (Å²) in [6.07, 6.45) is 7.40. The molecule has 1 saturated carbocycles. The van der Waals surface area contributed by atoms with Crippen molar-refractivity contribution in [3.8, 4) is 0 Å². The van der Waals surface area contributed by atoms with Crippen LogP contribution >= 0.6 is 0 Å². The lowest BCUT2D eigenvalue weighted by atomic mass is 9.81. The van der Waals surface area contributed by atoms with Crippen LogP contribution in [0.1, 0.15) is 80.1 Å². The molecule has 2 unspecified atom stereocenters. The Labute approximate surface area is 149 Å². The van der Waals surface area contributed by atoms with Gasteiger partial charge in [-0.15, -0.1) is 0 Å². The van der Waals surface area contributed by atoms with Crippen LogP contribution in [0.5, 0.6) is 0 Å². The maximum Gasteiger partial charge on any atom is 0.410 e. The third-order valence-electron chi connectivity index (χ3n) is 4.55. The lowest BCUT2D eigenvalue weighted by Gasteiger charge is -2.32. The smallest absolute Gasteiger partial charge is 0.410 e. The number of nitrogens with one attached hydrogen (secondary N) is 1. The molecule has 1 N–H and O–H groups in total. The number of nitrogens with zero attached hydrogens (tertiary/aromatic N) is 1. The molecule has 1 amide bonds. The molecule has 1 aliphatic carbocycles. The summed E-state index contributed by atoms with van der Waals surface area (Å²) < 4.78 is 5.51. The summed E-state index contributed by atoms with van der Waals surface area (Å²) in [5.41, 5.74) is -0.427. The molecule has 24 heavy (non-hydrogen) atoms. The predicted octanol–water partition coefficient (Wildman–Crippen LogP) is 4.83. The van der Waals surface area contributed by atoms with Crippen LogP contribution in [0, 0.1) is 11.8 Å². The average Bonchev–Trinajstić information content (AvgIpc) is 2.44. The standard InChI is InChI=1S/C20H40N2O2/c1-7-12-22(19(23)24-20(4,5)6)13-11-21-18-10-8-9-17(15-18)14-16(2)3/h16-18,21H,7-15H2,1-6H3. The highest BCUT2D eigenvalue weighted by Gasteiger charge is 2.24. The molecule has 0 radical (unpaired) electrons. The van der Waals surface area contributed by atoms with Crippen molar-refractivity contribution in [2.45, 2.75) is 91.7 Å². The molecule has 0 saturated heterocycles. The van der Waals surface area contributed by atoms with Crippen molar-refractivity contribution in [3.63, 3.8) is 0 Å². The van der Waals surface area contributed by atoms with Gasteiger partial charge in [0.1, 0.15) is 5.60 Å². The zero-order chi connectivity index (χ0) is 18.2. The van der Waals surface area contributed by atoms with Crippen LogP contribution in [-0.4, -0.2) is 42.3 Å². The van der Waals surface area contributed by atoms with E-state index in [2.05, 4.69) is 26.1 Å². The summed E-state index contributed by atoms with van der Waals surface area (Å²) in [4.78, 5) is 14.1. The van der Waals surface area contributed by atoms with Gasteiger partial charge < -0.3 is 15.0 Å². The molecule has 0 aromatic carbocycles. The Kier molecular flexibility index (Phi) is 9.11. The lowest BCUT2D eigenvalue weighted by Crippen LogP contribution is -2.43. The van der Waals surface area contributed by atoms with Gasteiger partial charge in [-0.3, -0.25) is 0 Å². The van der Waals surface area contributed by atoms with Gasteiger partial charge in [0.2, 0.25) is 0 Å². The quantitative estimate of drug-likeness (QED) is 0.688. The van der Waals surface area contributed by atoms with E-state index in [1.165, 1.54) is 32.1 Å². The molecule has 1 rings (SSSR count). The van der Waals surface area contributed by atoms with E-state index >= 15 is 0 Å². The first-order chi connectivity index (χ1) is 11.2. The highest BCUT2D eigenvalue weighted by Crippen LogP contribution is 2.29. The van der Waals surface area contributed by atoms with Crippen molar-refractivity contribution in [3.05, 3.63) is 0 Å². The van der Waals surface area contributed by atoms with Crippen molar-refractivity contribution in [2.24, 2.45) is 11.8 Å². The second-order valence-electron chi connectivity index (χ2n) is 8.78. The van der Waals surface area contributed by atoms with Gasteiger partial charge >= 0.3 is 6.09 Å². The van der Waals surface area contributed by atoms with E-state index in [1.54, 1.807) is 0 Å². The SMILES string of the molecule is CCCN(CCNC1CCCC(CC(C)C)C1)C(=O)OC(C)(C)C. The molecule has 4 nitrogen and oxygen atoms in total. The van der Waals surface area contributed by atoms with Gasteiger partial charge in [-0.2, -0.15) is 0 Å². The number of amides is 1. The van der Waals surface area contributed by atoms with Crippen LogP contribution in [0.25, 0.3) is 0 Å². The molecule has 0 aliphatic heterocycles. The first kappa shape index (κ1) is 21.3. The normalized spacial score (nSPS) is 21.8. The summed E-state index contributed by atoms with van der Waals surface area (Å²) in [7, 11) is 0. The topological polar surface area (TPSA) is 41.6 Å². The van der Waals surface area contributed by atoms with Gasteiger partial charge in [-0.05, 0) is 58.3 Å². The summed E-state index contributed by atoms with van der Waals surface area (Å²) in [5, 5.41) is 3.68. The Morgan fingerprint density at radius 1 is 1.25 bits per heavy atom. The van der Waals surface area contributed by atoms with Crippen molar-refractivity contribution in [1.82, 2.24) is 10.2 Å². The van der Waals surface area contributed by atoms with Crippen molar-refractivity contribution < 1.29 is 9.53 Å². The Morgan fingerprint density at radius 3 is 2.54 bits per heavy atom. The van der Waals surface area contributed by atoms with Crippen LogP contribution in [0.15, 0.2) is 0 Å². The molecule has 2 atom stereocenters. The summed E-state index contributed by atoms with van der Waals surface area (Å²) >= 11 is 0. The van der Waals surface area contributed by atoms with Gasteiger partial charge in [0, 0.05) is 25.7 Å². The maximum atomic E-state index is 12.3. The fourth-order valence-electron chi connectivity index (χ4n) is 3.65. The van der Waals surface area contributed by atoms with E-state index in [9.17, 15) is 4.79 Å². The third kappa shape index (κ3) is 8.91. The van der Waals surface area contributed by atoms with E-state index in [1.807, 2.05) is 25.7 Å². The van der Waals surface area contributed by atoms with Crippen LogP contribution in [0.3, 0.4) is 0 Å². The van der Waals surface area contributed by atoms with Gasteiger partial charge in [0.15, 0.2) is 0 Å². The molecule has 0 spiro atoms. The highest BCUT2D eigenvalue weighted by atomic mass is 16.6. The van der Waals surface area contributed by atoms with E-state index in [-0.39, 0.29) is 6.09 Å². The molecular formula is C20H40N2O2. The minimum Gasteiger partial charge on any atom is -0.444 e. The first-order valence-electron chi connectivity index (χ1n) is 9.92. The number of carbonyl (C=O) groups excluding carboxylic acids is 1. The van der Waals surface area contributed by atoms with Crippen LogP contribution < -0.4 is 5.32 Å². The number of rotatable bonds is 8.